The maximum atomic E-state index is 3.52. The predicted molar refractivity (Wildman–Crippen MR) is 106 cm³/mol. The van der Waals surface area contributed by atoms with Crippen molar-refractivity contribution < 1.29 is 4.48 Å². The number of hydrogen-bond donors (Lipinski definition) is 0. The monoisotopic (exact) mass is 376 g/mol. The van der Waals surface area contributed by atoms with Crippen LogP contribution in [0, 0.1) is 0 Å². The molecule has 2 heteroatoms. The summed E-state index contributed by atoms with van der Waals surface area (Å²) in [5, 5.41) is 1.16. The largest absolute Gasteiger partial charge is 0.328 e. The molecule has 0 N–H and O–H groups in total. The van der Waals surface area contributed by atoms with Gasteiger partial charge in [-0.15, -0.1) is 0 Å². The summed E-state index contributed by atoms with van der Waals surface area (Å²) >= 11 is 3.52. The van der Waals surface area contributed by atoms with Crippen LogP contribution in [0.15, 0.2) is 0 Å². The zero-order valence-corrected chi connectivity index (χ0v) is 17.4. The van der Waals surface area contributed by atoms with Gasteiger partial charge in [0.1, 0.15) is 0 Å². The van der Waals surface area contributed by atoms with Gasteiger partial charge in [-0.1, -0.05) is 87.1 Å². The molecule has 0 aliphatic rings. The van der Waals surface area contributed by atoms with E-state index in [4.69, 9.17) is 0 Å². The van der Waals surface area contributed by atoms with Crippen LogP contribution in [0.3, 0.4) is 0 Å². The summed E-state index contributed by atoms with van der Waals surface area (Å²) in [6.45, 7) is 4.99. The summed E-state index contributed by atoms with van der Waals surface area (Å²) in [6.07, 6.45) is 20.1. The Bertz CT molecular complexity index is 216. The zero-order valence-electron chi connectivity index (χ0n) is 15.8. The normalized spacial score (nSPS) is 12.0. The lowest BCUT2D eigenvalue weighted by molar-refractivity contribution is -0.890. The van der Waals surface area contributed by atoms with Crippen LogP contribution < -0.4 is 0 Å². The van der Waals surface area contributed by atoms with Gasteiger partial charge in [0, 0.05) is 5.33 Å². The van der Waals surface area contributed by atoms with Crippen molar-refractivity contribution >= 4 is 15.9 Å². The maximum Gasteiger partial charge on any atom is 0.0782 e. The Morgan fingerprint density at radius 2 is 0.909 bits per heavy atom. The van der Waals surface area contributed by atoms with Gasteiger partial charge in [-0.25, -0.2) is 0 Å². The standard InChI is InChI=1S/C20H43BrN/c1-4-5-6-7-8-9-10-11-12-13-14-16-19-22(2,3)20-17-15-18-21/h4-20H2,1-3H3/q+1. The van der Waals surface area contributed by atoms with Crippen LogP contribution in [0.2, 0.25) is 0 Å². The van der Waals surface area contributed by atoms with E-state index in [2.05, 4.69) is 36.9 Å². The van der Waals surface area contributed by atoms with Crippen molar-refractivity contribution in [2.24, 2.45) is 0 Å². The Morgan fingerprint density at radius 3 is 1.32 bits per heavy atom. The van der Waals surface area contributed by atoms with Crippen LogP contribution in [0.25, 0.3) is 0 Å². The number of unbranched alkanes of at least 4 members (excludes halogenated alkanes) is 12. The minimum Gasteiger partial charge on any atom is -0.328 e. The van der Waals surface area contributed by atoms with Crippen molar-refractivity contribution in [2.45, 2.75) is 96.8 Å². The highest BCUT2D eigenvalue weighted by molar-refractivity contribution is 9.09. The van der Waals surface area contributed by atoms with E-state index in [9.17, 15) is 0 Å². The van der Waals surface area contributed by atoms with E-state index in [1.807, 2.05) is 0 Å². The van der Waals surface area contributed by atoms with Crippen LogP contribution in [-0.4, -0.2) is 37.0 Å². The second kappa shape index (κ2) is 16.3. The maximum absolute atomic E-state index is 3.52. The summed E-state index contributed by atoms with van der Waals surface area (Å²) in [4.78, 5) is 0. The van der Waals surface area contributed by atoms with E-state index in [0.717, 1.165) is 5.33 Å². The first kappa shape index (κ1) is 22.4. The highest BCUT2D eigenvalue weighted by Crippen LogP contribution is 2.13. The molecule has 0 aromatic carbocycles. The van der Waals surface area contributed by atoms with Crippen molar-refractivity contribution in [3.63, 3.8) is 0 Å². The van der Waals surface area contributed by atoms with Gasteiger partial charge in [0.25, 0.3) is 0 Å². The summed E-state index contributed by atoms with van der Waals surface area (Å²) in [5.74, 6) is 0. The van der Waals surface area contributed by atoms with Gasteiger partial charge in [-0.05, 0) is 25.7 Å². The third-order valence-corrected chi connectivity index (χ3v) is 5.32. The molecule has 1 nitrogen and oxygen atoms in total. The van der Waals surface area contributed by atoms with E-state index >= 15 is 0 Å². The molecule has 0 spiro atoms. The Balaban J connectivity index is 3.22. The van der Waals surface area contributed by atoms with Crippen molar-refractivity contribution in [3.05, 3.63) is 0 Å². The molecule has 0 aliphatic heterocycles. The van der Waals surface area contributed by atoms with Crippen molar-refractivity contribution in [2.75, 3.05) is 32.5 Å². The highest BCUT2D eigenvalue weighted by atomic mass is 79.9. The number of hydrogen-bond acceptors (Lipinski definition) is 0. The molecule has 0 atom stereocenters. The first-order valence-corrected chi connectivity index (χ1v) is 11.1. The topological polar surface area (TPSA) is 0 Å². The van der Waals surface area contributed by atoms with E-state index in [-0.39, 0.29) is 0 Å². The van der Waals surface area contributed by atoms with Gasteiger partial charge in [-0.3, -0.25) is 0 Å². The third-order valence-electron chi connectivity index (χ3n) is 4.76. The molecule has 0 fully saturated rings. The Hall–Kier alpha value is 0.440. The molecule has 0 saturated carbocycles. The fourth-order valence-corrected chi connectivity index (χ4v) is 3.52. The average molecular weight is 377 g/mol. The smallest absolute Gasteiger partial charge is 0.0782 e. The van der Waals surface area contributed by atoms with Crippen molar-refractivity contribution in [1.29, 1.82) is 0 Å². The van der Waals surface area contributed by atoms with Crippen molar-refractivity contribution in [3.8, 4) is 0 Å². The van der Waals surface area contributed by atoms with E-state index in [1.165, 1.54) is 107 Å². The Labute approximate surface area is 150 Å². The lowest BCUT2D eigenvalue weighted by Crippen LogP contribution is -2.41. The van der Waals surface area contributed by atoms with Crippen LogP contribution in [0.5, 0.6) is 0 Å². The number of rotatable bonds is 17. The van der Waals surface area contributed by atoms with Crippen LogP contribution >= 0.6 is 15.9 Å². The van der Waals surface area contributed by atoms with Gasteiger partial charge in [0.2, 0.25) is 0 Å². The number of quaternary nitrogens is 1. The van der Waals surface area contributed by atoms with Crippen LogP contribution in [0.4, 0.5) is 0 Å². The van der Waals surface area contributed by atoms with Crippen molar-refractivity contribution in [1.82, 2.24) is 0 Å². The van der Waals surface area contributed by atoms with Gasteiger partial charge < -0.3 is 4.48 Å². The van der Waals surface area contributed by atoms with E-state index in [0.29, 0.717) is 0 Å². The predicted octanol–water partition coefficient (Wildman–Crippen LogP) is 6.94. The molecular weight excluding hydrogens is 334 g/mol. The van der Waals surface area contributed by atoms with Gasteiger partial charge in [0.15, 0.2) is 0 Å². The average Bonchev–Trinajstić information content (AvgIpc) is 2.48. The Kier molecular flexibility index (Phi) is 16.6. The zero-order chi connectivity index (χ0) is 16.5. The quantitative estimate of drug-likeness (QED) is 0.146. The lowest BCUT2D eigenvalue weighted by atomic mass is 10.1. The lowest BCUT2D eigenvalue weighted by Gasteiger charge is -2.29. The molecule has 0 aromatic rings. The minimum atomic E-state index is 1.16. The Morgan fingerprint density at radius 1 is 0.545 bits per heavy atom. The summed E-state index contributed by atoms with van der Waals surface area (Å²) < 4.78 is 1.21. The summed E-state index contributed by atoms with van der Waals surface area (Å²) in [5.41, 5.74) is 0. The molecule has 0 saturated heterocycles. The fraction of sp³-hybridized carbons (Fsp3) is 1.00. The van der Waals surface area contributed by atoms with Crippen LogP contribution in [0.1, 0.15) is 96.8 Å². The van der Waals surface area contributed by atoms with E-state index < -0.39 is 0 Å². The SMILES string of the molecule is CCCCCCCCCCCCCC[N+](C)(C)CCCCBr. The second-order valence-corrected chi connectivity index (χ2v) is 8.46. The molecule has 0 amide bonds. The highest BCUT2D eigenvalue weighted by Gasteiger charge is 2.13. The molecule has 0 bridgehead atoms. The molecule has 134 valence electrons. The van der Waals surface area contributed by atoms with E-state index in [1.54, 1.807) is 0 Å². The van der Waals surface area contributed by atoms with Gasteiger partial charge >= 0.3 is 0 Å². The molecule has 0 unspecified atom stereocenters. The number of nitrogens with zero attached hydrogens (tertiary/aromatic N) is 1. The second-order valence-electron chi connectivity index (χ2n) is 7.67. The summed E-state index contributed by atoms with van der Waals surface area (Å²) in [6, 6.07) is 0. The fourth-order valence-electron chi connectivity index (χ4n) is 3.13. The van der Waals surface area contributed by atoms with Gasteiger partial charge in [0.05, 0.1) is 27.2 Å². The van der Waals surface area contributed by atoms with Crippen LogP contribution in [-0.2, 0) is 0 Å². The molecule has 0 aliphatic carbocycles. The number of alkyl halides is 1. The summed E-state index contributed by atoms with van der Waals surface area (Å²) in [7, 11) is 4.79. The molecule has 0 rings (SSSR count). The number of halogens is 1. The third kappa shape index (κ3) is 16.8. The minimum absolute atomic E-state index is 1.16. The molecule has 22 heavy (non-hydrogen) atoms. The molecule has 0 aromatic heterocycles. The molecular formula is C20H43BrN+. The molecule has 0 heterocycles. The first-order chi connectivity index (χ1) is 10.6. The molecule has 0 radical (unpaired) electrons. The van der Waals surface area contributed by atoms with Gasteiger partial charge in [-0.2, -0.15) is 0 Å². The first-order valence-electron chi connectivity index (χ1n) is 10.0.